The summed E-state index contributed by atoms with van der Waals surface area (Å²) in [6, 6.07) is 0. The van der Waals surface area contributed by atoms with E-state index in [-0.39, 0.29) is 11.3 Å². The van der Waals surface area contributed by atoms with Crippen molar-refractivity contribution in [2.45, 2.75) is 51.6 Å². The van der Waals surface area contributed by atoms with Crippen molar-refractivity contribution in [3.8, 4) is 0 Å². The molecule has 1 heterocycles. The van der Waals surface area contributed by atoms with Crippen molar-refractivity contribution in [1.82, 2.24) is 0 Å². The smallest absolute Gasteiger partial charge is 0.346 e. The summed E-state index contributed by atoms with van der Waals surface area (Å²) in [5.74, 6) is -0.752. The second kappa shape index (κ2) is 4.90. The molecular formula is C13H18O4. The molecule has 1 aliphatic carbocycles. The summed E-state index contributed by atoms with van der Waals surface area (Å²) >= 11 is 0. The summed E-state index contributed by atoms with van der Waals surface area (Å²) in [6.45, 7) is 1.27. The average molecular weight is 238 g/mol. The lowest BCUT2D eigenvalue weighted by molar-refractivity contribution is -0.141. The van der Waals surface area contributed by atoms with Gasteiger partial charge in [0.05, 0.1) is 0 Å². The number of esters is 1. The SMILES string of the molecule is CC(=O)C1=C(O)C(CC2CCCCC2)OC1=O. The van der Waals surface area contributed by atoms with Crippen molar-refractivity contribution in [2.75, 3.05) is 0 Å². The highest BCUT2D eigenvalue weighted by Crippen LogP contribution is 2.32. The van der Waals surface area contributed by atoms with Gasteiger partial charge in [-0.15, -0.1) is 0 Å². The molecule has 0 aromatic rings. The normalized spacial score (nSPS) is 26.2. The second-order valence-electron chi connectivity index (χ2n) is 4.95. The number of rotatable bonds is 3. The molecule has 0 spiro atoms. The fourth-order valence-electron chi connectivity index (χ4n) is 2.72. The zero-order chi connectivity index (χ0) is 12.4. The van der Waals surface area contributed by atoms with E-state index in [9.17, 15) is 14.7 Å². The number of Topliss-reactive ketones (excluding diaryl/α,β-unsaturated/α-hetero) is 1. The molecule has 0 radical (unpaired) electrons. The van der Waals surface area contributed by atoms with Gasteiger partial charge in [0.15, 0.2) is 17.6 Å². The fourth-order valence-corrected chi connectivity index (χ4v) is 2.72. The van der Waals surface area contributed by atoms with Crippen molar-refractivity contribution in [3.05, 3.63) is 11.3 Å². The van der Waals surface area contributed by atoms with Crippen LogP contribution in [0.1, 0.15) is 45.4 Å². The van der Waals surface area contributed by atoms with Gasteiger partial charge in [-0.05, 0) is 19.3 Å². The van der Waals surface area contributed by atoms with Crippen molar-refractivity contribution in [2.24, 2.45) is 5.92 Å². The van der Waals surface area contributed by atoms with Gasteiger partial charge in [-0.3, -0.25) is 4.79 Å². The third kappa shape index (κ3) is 2.51. The van der Waals surface area contributed by atoms with Crippen LogP contribution in [0.25, 0.3) is 0 Å². The summed E-state index contributed by atoms with van der Waals surface area (Å²) in [5, 5.41) is 9.83. The van der Waals surface area contributed by atoms with E-state index >= 15 is 0 Å². The Labute approximate surface area is 101 Å². The highest BCUT2D eigenvalue weighted by atomic mass is 16.6. The molecule has 4 nitrogen and oxygen atoms in total. The van der Waals surface area contributed by atoms with Gasteiger partial charge in [-0.25, -0.2) is 4.79 Å². The number of cyclic esters (lactones) is 1. The van der Waals surface area contributed by atoms with Crippen LogP contribution in [0.4, 0.5) is 0 Å². The zero-order valence-corrected chi connectivity index (χ0v) is 10.1. The maximum Gasteiger partial charge on any atom is 0.346 e. The Bertz CT molecular complexity index is 364. The molecule has 1 fully saturated rings. The van der Waals surface area contributed by atoms with E-state index in [1.165, 1.54) is 26.2 Å². The molecular weight excluding hydrogens is 220 g/mol. The van der Waals surface area contributed by atoms with E-state index in [1.807, 2.05) is 0 Å². The number of carbonyl (C=O) groups is 2. The Morgan fingerprint density at radius 1 is 1.35 bits per heavy atom. The van der Waals surface area contributed by atoms with Crippen LogP contribution in [0, 0.1) is 5.92 Å². The standard InChI is InChI=1S/C13H18O4/c1-8(14)11-12(15)10(17-13(11)16)7-9-5-3-2-4-6-9/h9-10,15H,2-7H2,1H3. The molecule has 94 valence electrons. The molecule has 0 amide bonds. The number of aliphatic hydroxyl groups is 1. The summed E-state index contributed by atoms with van der Waals surface area (Å²) in [5.41, 5.74) is -0.161. The Kier molecular flexibility index (Phi) is 3.50. The highest BCUT2D eigenvalue weighted by Gasteiger charge is 2.37. The Morgan fingerprint density at radius 2 is 2.00 bits per heavy atom. The van der Waals surface area contributed by atoms with E-state index in [2.05, 4.69) is 0 Å². The monoisotopic (exact) mass is 238 g/mol. The minimum absolute atomic E-state index is 0.159. The first-order valence-corrected chi connectivity index (χ1v) is 6.24. The molecule has 1 aliphatic heterocycles. The highest BCUT2D eigenvalue weighted by molar-refractivity contribution is 6.18. The third-order valence-corrected chi connectivity index (χ3v) is 3.64. The Morgan fingerprint density at radius 3 is 2.53 bits per heavy atom. The van der Waals surface area contributed by atoms with Crippen LogP contribution in [-0.4, -0.2) is 23.0 Å². The number of aliphatic hydroxyl groups excluding tert-OH is 1. The molecule has 17 heavy (non-hydrogen) atoms. The van der Waals surface area contributed by atoms with Crippen LogP contribution in [0.2, 0.25) is 0 Å². The molecule has 2 rings (SSSR count). The summed E-state index contributed by atoms with van der Waals surface area (Å²) in [6.07, 6.45) is 5.97. The Hall–Kier alpha value is -1.32. The topological polar surface area (TPSA) is 63.6 Å². The molecule has 4 heteroatoms. The molecule has 1 atom stereocenters. The van der Waals surface area contributed by atoms with Crippen molar-refractivity contribution >= 4 is 11.8 Å². The van der Waals surface area contributed by atoms with Crippen LogP contribution in [-0.2, 0) is 14.3 Å². The largest absolute Gasteiger partial charge is 0.507 e. The summed E-state index contributed by atoms with van der Waals surface area (Å²) in [4.78, 5) is 22.6. The van der Waals surface area contributed by atoms with Gasteiger partial charge >= 0.3 is 5.97 Å². The molecule has 1 saturated carbocycles. The number of carbonyl (C=O) groups excluding carboxylic acids is 2. The average Bonchev–Trinajstić information content (AvgIpc) is 2.55. The van der Waals surface area contributed by atoms with Crippen molar-refractivity contribution in [3.63, 3.8) is 0 Å². The first kappa shape index (κ1) is 12.1. The maximum absolute atomic E-state index is 11.4. The molecule has 0 aromatic carbocycles. The fraction of sp³-hybridized carbons (Fsp3) is 0.692. The minimum atomic E-state index is -0.671. The molecule has 2 aliphatic rings. The van der Waals surface area contributed by atoms with Gasteiger partial charge in [0, 0.05) is 0 Å². The second-order valence-corrected chi connectivity index (χ2v) is 4.95. The predicted molar refractivity (Wildman–Crippen MR) is 61.4 cm³/mol. The van der Waals surface area contributed by atoms with Crippen molar-refractivity contribution < 1.29 is 19.4 Å². The number of hydrogen-bond acceptors (Lipinski definition) is 4. The van der Waals surface area contributed by atoms with Gasteiger partial charge in [-0.2, -0.15) is 0 Å². The number of hydrogen-bond donors (Lipinski definition) is 1. The van der Waals surface area contributed by atoms with E-state index in [0.29, 0.717) is 12.3 Å². The summed E-state index contributed by atoms with van der Waals surface area (Å²) < 4.78 is 5.07. The number of ketones is 1. The lowest BCUT2D eigenvalue weighted by Gasteiger charge is -2.23. The van der Waals surface area contributed by atoms with Gasteiger partial charge in [-0.1, -0.05) is 32.1 Å². The van der Waals surface area contributed by atoms with Crippen LogP contribution in [0.5, 0.6) is 0 Å². The first-order valence-electron chi connectivity index (χ1n) is 6.24. The lowest BCUT2D eigenvalue weighted by atomic mass is 9.85. The molecule has 0 bridgehead atoms. The molecule has 1 unspecified atom stereocenters. The quantitative estimate of drug-likeness (QED) is 0.605. The van der Waals surface area contributed by atoms with Gasteiger partial charge in [0.25, 0.3) is 0 Å². The zero-order valence-electron chi connectivity index (χ0n) is 10.1. The van der Waals surface area contributed by atoms with Crippen LogP contribution >= 0.6 is 0 Å². The molecule has 0 saturated heterocycles. The third-order valence-electron chi connectivity index (χ3n) is 3.64. The lowest BCUT2D eigenvalue weighted by Crippen LogP contribution is -2.18. The van der Waals surface area contributed by atoms with Gasteiger partial charge < -0.3 is 9.84 Å². The number of ether oxygens (including phenoxy) is 1. The van der Waals surface area contributed by atoms with E-state index < -0.39 is 17.9 Å². The summed E-state index contributed by atoms with van der Waals surface area (Å²) in [7, 11) is 0. The van der Waals surface area contributed by atoms with E-state index in [0.717, 1.165) is 12.8 Å². The van der Waals surface area contributed by atoms with Crippen molar-refractivity contribution in [1.29, 1.82) is 0 Å². The van der Waals surface area contributed by atoms with E-state index in [1.54, 1.807) is 0 Å². The van der Waals surface area contributed by atoms with E-state index in [4.69, 9.17) is 4.74 Å². The van der Waals surface area contributed by atoms with Crippen LogP contribution < -0.4 is 0 Å². The maximum atomic E-state index is 11.4. The predicted octanol–water partition coefficient (Wildman–Crippen LogP) is 2.28. The van der Waals surface area contributed by atoms with Gasteiger partial charge in [0.2, 0.25) is 0 Å². The Balaban J connectivity index is 2.03. The minimum Gasteiger partial charge on any atom is -0.507 e. The van der Waals surface area contributed by atoms with Crippen LogP contribution in [0.3, 0.4) is 0 Å². The van der Waals surface area contributed by atoms with Crippen LogP contribution in [0.15, 0.2) is 11.3 Å². The molecule has 1 N–H and O–H groups in total. The first-order chi connectivity index (χ1) is 8.09. The molecule has 0 aromatic heterocycles. The van der Waals surface area contributed by atoms with Gasteiger partial charge in [0.1, 0.15) is 5.57 Å².